The van der Waals surface area contributed by atoms with Crippen LogP contribution in [0.5, 0.6) is 11.5 Å². The molecule has 0 heterocycles. The molecule has 110 valence electrons. The van der Waals surface area contributed by atoms with Gasteiger partial charge in [0.05, 0.1) is 25.8 Å². The van der Waals surface area contributed by atoms with Gasteiger partial charge in [-0.15, -0.1) is 0 Å². The van der Waals surface area contributed by atoms with Crippen LogP contribution in [0.3, 0.4) is 0 Å². The fraction of sp³-hybridized carbons (Fsp3) is 0.429. The van der Waals surface area contributed by atoms with E-state index in [2.05, 4.69) is 5.32 Å². The lowest BCUT2D eigenvalue weighted by Crippen LogP contribution is -2.30. The topological polar surface area (TPSA) is 84.9 Å². The third-order valence-corrected chi connectivity index (χ3v) is 3.22. The van der Waals surface area contributed by atoms with Crippen molar-refractivity contribution in [1.82, 2.24) is 0 Å². The third kappa shape index (κ3) is 3.63. The number of amides is 1. The van der Waals surface area contributed by atoms with Crippen molar-refractivity contribution in [3.8, 4) is 11.5 Å². The SMILES string of the molecule is COc1ccc(NC(=O)C(C)C(C)C(=O)O)c(OC)c1. The Kier molecular flexibility index (Phi) is 5.37. The molecule has 2 atom stereocenters. The Labute approximate surface area is 117 Å². The maximum absolute atomic E-state index is 12.0. The van der Waals surface area contributed by atoms with Crippen molar-refractivity contribution < 1.29 is 24.2 Å². The number of nitrogens with one attached hydrogen (secondary N) is 1. The van der Waals surface area contributed by atoms with Gasteiger partial charge >= 0.3 is 5.97 Å². The zero-order valence-electron chi connectivity index (χ0n) is 12.0. The van der Waals surface area contributed by atoms with Crippen LogP contribution in [0.25, 0.3) is 0 Å². The average molecular weight is 281 g/mol. The van der Waals surface area contributed by atoms with Gasteiger partial charge < -0.3 is 19.9 Å². The fourth-order valence-corrected chi connectivity index (χ4v) is 1.59. The summed E-state index contributed by atoms with van der Waals surface area (Å²) in [5.41, 5.74) is 0.475. The summed E-state index contributed by atoms with van der Waals surface area (Å²) in [7, 11) is 3.01. The number of rotatable bonds is 6. The maximum atomic E-state index is 12.0. The molecule has 0 spiro atoms. The van der Waals surface area contributed by atoms with Crippen LogP contribution < -0.4 is 14.8 Å². The minimum absolute atomic E-state index is 0.372. The van der Waals surface area contributed by atoms with Crippen LogP contribution in [-0.4, -0.2) is 31.2 Å². The summed E-state index contributed by atoms with van der Waals surface area (Å²) in [6.45, 7) is 3.07. The molecule has 2 unspecified atom stereocenters. The number of methoxy groups -OCH3 is 2. The molecule has 20 heavy (non-hydrogen) atoms. The first-order chi connectivity index (χ1) is 9.40. The lowest BCUT2D eigenvalue weighted by atomic mass is 9.95. The molecule has 0 aliphatic heterocycles. The molecule has 6 heteroatoms. The Morgan fingerprint density at radius 1 is 1.15 bits per heavy atom. The lowest BCUT2D eigenvalue weighted by molar-refractivity contribution is -0.145. The van der Waals surface area contributed by atoms with E-state index in [1.54, 1.807) is 25.1 Å². The van der Waals surface area contributed by atoms with Gasteiger partial charge in [0.15, 0.2) is 0 Å². The zero-order valence-corrected chi connectivity index (χ0v) is 12.0. The number of anilines is 1. The monoisotopic (exact) mass is 281 g/mol. The number of aliphatic carboxylic acids is 1. The number of ether oxygens (including phenoxy) is 2. The van der Waals surface area contributed by atoms with Gasteiger partial charge in [0.25, 0.3) is 0 Å². The van der Waals surface area contributed by atoms with Gasteiger partial charge in [-0.05, 0) is 12.1 Å². The Morgan fingerprint density at radius 2 is 1.80 bits per heavy atom. The fourth-order valence-electron chi connectivity index (χ4n) is 1.59. The van der Waals surface area contributed by atoms with Crippen LogP contribution in [0.4, 0.5) is 5.69 Å². The van der Waals surface area contributed by atoms with Crippen LogP contribution in [-0.2, 0) is 9.59 Å². The predicted octanol–water partition coefficient (Wildman–Crippen LogP) is 2.00. The van der Waals surface area contributed by atoms with Gasteiger partial charge in [0, 0.05) is 12.0 Å². The molecule has 0 saturated carbocycles. The molecule has 1 rings (SSSR count). The summed E-state index contributed by atoms with van der Waals surface area (Å²) < 4.78 is 10.2. The van der Waals surface area contributed by atoms with E-state index in [0.717, 1.165) is 0 Å². The molecule has 0 radical (unpaired) electrons. The summed E-state index contributed by atoms with van der Waals surface area (Å²) in [4.78, 5) is 22.9. The average Bonchev–Trinajstić information content (AvgIpc) is 2.45. The Hall–Kier alpha value is -2.24. The van der Waals surface area contributed by atoms with Gasteiger partial charge in [0.1, 0.15) is 11.5 Å². The molecule has 1 amide bonds. The van der Waals surface area contributed by atoms with Crippen LogP contribution >= 0.6 is 0 Å². The molecule has 6 nitrogen and oxygen atoms in total. The maximum Gasteiger partial charge on any atom is 0.307 e. The van der Waals surface area contributed by atoms with Gasteiger partial charge in [-0.1, -0.05) is 13.8 Å². The molecule has 0 fully saturated rings. The molecule has 2 N–H and O–H groups in total. The smallest absolute Gasteiger partial charge is 0.307 e. The third-order valence-electron chi connectivity index (χ3n) is 3.22. The van der Waals surface area contributed by atoms with Crippen LogP contribution in [0.15, 0.2) is 18.2 Å². The second-order valence-corrected chi connectivity index (χ2v) is 4.47. The van der Waals surface area contributed by atoms with Crippen LogP contribution in [0, 0.1) is 11.8 Å². The molecular formula is C14H19NO5. The van der Waals surface area contributed by atoms with Crippen molar-refractivity contribution in [2.75, 3.05) is 19.5 Å². The van der Waals surface area contributed by atoms with Gasteiger partial charge in [-0.25, -0.2) is 0 Å². The predicted molar refractivity (Wildman–Crippen MR) is 74.1 cm³/mol. The lowest BCUT2D eigenvalue weighted by Gasteiger charge is -2.17. The van der Waals surface area contributed by atoms with Crippen molar-refractivity contribution in [1.29, 1.82) is 0 Å². The minimum atomic E-state index is -1.01. The number of carboxylic acid groups (broad SMARTS) is 1. The number of hydrogen-bond donors (Lipinski definition) is 2. The summed E-state index contributed by atoms with van der Waals surface area (Å²) in [6, 6.07) is 4.97. The van der Waals surface area contributed by atoms with E-state index in [1.807, 2.05) is 0 Å². The Bertz CT molecular complexity index is 500. The van der Waals surface area contributed by atoms with Gasteiger partial charge in [0.2, 0.25) is 5.91 Å². The first-order valence-electron chi connectivity index (χ1n) is 6.16. The molecule has 1 aromatic carbocycles. The standard InChI is InChI=1S/C14H19NO5/c1-8(9(2)14(17)18)13(16)15-11-6-5-10(19-3)7-12(11)20-4/h5-9H,1-4H3,(H,15,16)(H,17,18). The molecular weight excluding hydrogens is 262 g/mol. The van der Waals surface area contributed by atoms with Gasteiger partial charge in [-0.3, -0.25) is 9.59 Å². The highest BCUT2D eigenvalue weighted by molar-refractivity contribution is 5.96. The van der Waals surface area contributed by atoms with Crippen molar-refractivity contribution in [2.24, 2.45) is 11.8 Å². The second kappa shape index (κ2) is 6.79. The normalized spacial score (nSPS) is 13.2. The molecule has 0 aliphatic carbocycles. The minimum Gasteiger partial charge on any atom is -0.497 e. The van der Waals surface area contributed by atoms with Crippen LogP contribution in [0.1, 0.15) is 13.8 Å². The highest BCUT2D eigenvalue weighted by Crippen LogP contribution is 2.29. The number of carbonyl (C=O) groups is 2. The quantitative estimate of drug-likeness (QED) is 0.833. The van der Waals surface area contributed by atoms with Crippen molar-refractivity contribution in [3.63, 3.8) is 0 Å². The van der Waals surface area contributed by atoms with Crippen molar-refractivity contribution in [2.45, 2.75) is 13.8 Å². The number of carboxylic acids is 1. The van der Waals surface area contributed by atoms with Crippen LogP contribution in [0.2, 0.25) is 0 Å². The van der Waals surface area contributed by atoms with Crippen molar-refractivity contribution >= 4 is 17.6 Å². The molecule has 0 aliphatic rings. The first kappa shape index (κ1) is 15.8. The van der Waals surface area contributed by atoms with E-state index < -0.39 is 17.8 Å². The van der Waals surface area contributed by atoms with E-state index in [4.69, 9.17) is 14.6 Å². The first-order valence-corrected chi connectivity index (χ1v) is 6.16. The number of hydrogen-bond acceptors (Lipinski definition) is 4. The Morgan fingerprint density at radius 3 is 2.30 bits per heavy atom. The van der Waals surface area contributed by atoms with Gasteiger partial charge in [-0.2, -0.15) is 0 Å². The summed E-state index contributed by atoms with van der Waals surface area (Å²) in [5, 5.41) is 11.6. The largest absolute Gasteiger partial charge is 0.497 e. The molecule has 1 aromatic rings. The van der Waals surface area contributed by atoms with E-state index in [9.17, 15) is 9.59 Å². The number of benzene rings is 1. The number of carbonyl (C=O) groups excluding carboxylic acids is 1. The zero-order chi connectivity index (χ0) is 15.3. The van der Waals surface area contributed by atoms with E-state index >= 15 is 0 Å². The second-order valence-electron chi connectivity index (χ2n) is 4.47. The molecule has 0 aromatic heterocycles. The Balaban J connectivity index is 2.87. The van der Waals surface area contributed by atoms with E-state index in [-0.39, 0.29) is 5.91 Å². The summed E-state index contributed by atoms with van der Waals surface area (Å²) in [6.07, 6.45) is 0. The molecule has 0 bridgehead atoms. The van der Waals surface area contributed by atoms with E-state index in [0.29, 0.717) is 17.2 Å². The van der Waals surface area contributed by atoms with E-state index in [1.165, 1.54) is 21.1 Å². The van der Waals surface area contributed by atoms with Crippen molar-refractivity contribution in [3.05, 3.63) is 18.2 Å². The summed E-state index contributed by atoms with van der Waals surface area (Å²) >= 11 is 0. The molecule has 0 saturated heterocycles. The highest BCUT2D eigenvalue weighted by Gasteiger charge is 2.26. The highest BCUT2D eigenvalue weighted by atomic mass is 16.5. The summed E-state index contributed by atoms with van der Waals surface area (Å²) in [5.74, 6) is -1.74.